The van der Waals surface area contributed by atoms with E-state index in [0.29, 0.717) is 23.5 Å². The maximum absolute atomic E-state index is 12.9. The molecule has 2 aromatic carbocycles. The number of benzene rings is 2. The molecule has 0 aliphatic carbocycles. The molecule has 0 spiro atoms. The summed E-state index contributed by atoms with van der Waals surface area (Å²) in [7, 11) is 0. The first kappa shape index (κ1) is 15.1. The van der Waals surface area contributed by atoms with Crippen LogP contribution in [0.4, 0.5) is 11.4 Å². The minimum Gasteiger partial charge on any atom is -0.487 e. The van der Waals surface area contributed by atoms with Crippen molar-refractivity contribution in [3.8, 4) is 5.75 Å². The van der Waals surface area contributed by atoms with Gasteiger partial charge in [0.15, 0.2) is 0 Å². The molecule has 0 radical (unpaired) electrons. The molecule has 1 aliphatic rings. The highest BCUT2D eigenvalue weighted by molar-refractivity contribution is 6.08. The van der Waals surface area contributed by atoms with E-state index in [1.54, 1.807) is 29.2 Å². The largest absolute Gasteiger partial charge is 0.487 e. The van der Waals surface area contributed by atoms with Crippen LogP contribution in [0.25, 0.3) is 0 Å². The first-order chi connectivity index (χ1) is 11.0. The Morgan fingerprint density at radius 2 is 1.96 bits per heavy atom. The van der Waals surface area contributed by atoms with E-state index >= 15 is 0 Å². The number of amides is 2. The van der Waals surface area contributed by atoms with Crippen molar-refractivity contribution in [2.24, 2.45) is 0 Å². The van der Waals surface area contributed by atoms with E-state index in [0.717, 1.165) is 5.69 Å². The number of ether oxygens (including phenoxy) is 1. The molecule has 3 rings (SSSR count). The molecule has 23 heavy (non-hydrogen) atoms. The lowest BCUT2D eigenvalue weighted by Crippen LogP contribution is -2.42. The van der Waals surface area contributed by atoms with E-state index in [2.05, 4.69) is 5.32 Å². The lowest BCUT2D eigenvalue weighted by atomic mass is 10.1. The number of fused-ring (bicyclic) bond motifs is 1. The number of nitrogens with one attached hydrogen (secondary N) is 1. The highest BCUT2D eigenvalue weighted by Gasteiger charge is 2.28. The fourth-order valence-electron chi connectivity index (χ4n) is 2.67. The van der Waals surface area contributed by atoms with Crippen LogP contribution in [0.3, 0.4) is 0 Å². The smallest absolute Gasteiger partial charge is 0.258 e. The van der Waals surface area contributed by atoms with Gasteiger partial charge in [-0.15, -0.1) is 0 Å². The Labute approximate surface area is 134 Å². The molecule has 0 saturated carbocycles. The number of nitrogens with zero attached hydrogens (tertiary/aromatic N) is 1. The van der Waals surface area contributed by atoms with Gasteiger partial charge < -0.3 is 15.0 Å². The highest BCUT2D eigenvalue weighted by atomic mass is 16.5. The van der Waals surface area contributed by atoms with Crippen molar-refractivity contribution in [3.63, 3.8) is 0 Å². The van der Waals surface area contributed by atoms with Crippen LogP contribution >= 0.6 is 0 Å². The summed E-state index contributed by atoms with van der Waals surface area (Å²) in [5.41, 5.74) is 1.90. The summed E-state index contributed by atoms with van der Waals surface area (Å²) in [6, 6.07) is 14.4. The third-order valence-corrected chi connectivity index (χ3v) is 3.60. The lowest BCUT2D eigenvalue weighted by Gasteiger charge is -2.33. The molecule has 5 nitrogen and oxygen atoms in total. The molecule has 1 unspecified atom stereocenters. The van der Waals surface area contributed by atoms with Gasteiger partial charge in [0.05, 0.1) is 12.2 Å². The molecule has 1 aliphatic heterocycles. The van der Waals surface area contributed by atoms with Crippen LogP contribution in [-0.2, 0) is 4.79 Å². The maximum atomic E-state index is 12.9. The van der Waals surface area contributed by atoms with Crippen LogP contribution in [0.2, 0.25) is 0 Å². The highest BCUT2D eigenvalue weighted by Crippen LogP contribution is 2.34. The second-order valence-electron chi connectivity index (χ2n) is 5.57. The van der Waals surface area contributed by atoms with Gasteiger partial charge in [0.25, 0.3) is 5.91 Å². The molecule has 1 heterocycles. The van der Waals surface area contributed by atoms with Gasteiger partial charge in [0.1, 0.15) is 11.9 Å². The molecule has 0 saturated heterocycles. The van der Waals surface area contributed by atoms with E-state index in [4.69, 9.17) is 4.74 Å². The third-order valence-electron chi connectivity index (χ3n) is 3.60. The Morgan fingerprint density at radius 1 is 1.17 bits per heavy atom. The SMILES string of the molecule is CC(=O)Nc1cccc(C(=O)N2CC(C)Oc3ccccc32)c1. The Kier molecular flexibility index (Phi) is 4.02. The Morgan fingerprint density at radius 3 is 2.74 bits per heavy atom. The number of carbonyl (C=O) groups excluding carboxylic acids is 2. The van der Waals surface area contributed by atoms with Crippen molar-refractivity contribution in [2.75, 3.05) is 16.8 Å². The minimum absolute atomic E-state index is 0.0765. The van der Waals surface area contributed by atoms with Gasteiger partial charge >= 0.3 is 0 Å². The topological polar surface area (TPSA) is 58.6 Å². The molecule has 0 aromatic heterocycles. The molecular weight excluding hydrogens is 292 g/mol. The summed E-state index contributed by atoms with van der Waals surface area (Å²) >= 11 is 0. The second kappa shape index (κ2) is 6.12. The van der Waals surface area contributed by atoms with Crippen molar-refractivity contribution < 1.29 is 14.3 Å². The summed E-state index contributed by atoms with van der Waals surface area (Å²) in [5, 5.41) is 2.70. The summed E-state index contributed by atoms with van der Waals surface area (Å²) < 4.78 is 5.77. The van der Waals surface area contributed by atoms with Crippen LogP contribution in [0.1, 0.15) is 24.2 Å². The van der Waals surface area contributed by atoms with E-state index in [1.807, 2.05) is 31.2 Å². The molecule has 5 heteroatoms. The Bertz CT molecular complexity index is 757. The molecule has 1 atom stereocenters. The first-order valence-electron chi connectivity index (χ1n) is 7.50. The first-order valence-corrected chi connectivity index (χ1v) is 7.50. The van der Waals surface area contributed by atoms with Crippen molar-refractivity contribution >= 4 is 23.2 Å². The van der Waals surface area contributed by atoms with Gasteiger partial charge in [0, 0.05) is 18.2 Å². The van der Waals surface area contributed by atoms with Crippen molar-refractivity contribution in [1.29, 1.82) is 0 Å². The molecule has 0 fully saturated rings. The summed E-state index contributed by atoms with van der Waals surface area (Å²) in [4.78, 5) is 25.8. The van der Waals surface area contributed by atoms with Crippen LogP contribution in [0, 0.1) is 0 Å². The van der Waals surface area contributed by atoms with Gasteiger partial charge in [-0.3, -0.25) is 9.59 Å². The van der Waals surface area contributed by atoms with Gasteiger partial charge in [-0.25, -0.2) is 0 Å². The zero-order valence-electron chi connectivity index (χ0n) is 13.1. The van der Waals surface area contributed by atoms with Crippen molar-refractivity contribution in [2.45, 2.75) is 20.0 Å². The standard InChI is InChI=1S/C18H18N2O3/c1-12-11-20(16-8-3-4-9-17(16)23-12)18(22)14-6-5-7-15(10-14)19-13(2)21/h3-10,12H,11H2,1-2H3,(H,19,21). The maximum Gasteiger partial charge on any atom is 0.258 e. The second-order valence-corrected chi connectivity index (χ2v) is 5.57. The quantitative estimate of drug-likeness (QED) is 0.927. The Balaban J connectivity index is 1.93. The predicted octanol–water partition coefficient (Wildman–Crippen LogP) is 3.07. The molecule has 2 amide bonds. The number of carbonyl (C=O) groups is 2. The normalized spacial score (nSPS) is 16.3. The fraction of sp³-hybridized carbons (Fsp3) is 0.222. The number of rotatable bonds is 2. The summed E-state index contributed by atoms with van der Waals surface area (Å²) in [6.45, 7) is 3.86. The average molecular weight is 310 g/mol. The molecule has 1 N–H and O–H groups in total. The average Bonchev–Trinajstić information content (AvgIpc) is 2.53. The zero-order chi connectivity index (χ0) is 16.4. The van der Waals surface area contributed by atoms with Gasteiger partial charge in [0.2, 0.25) is 5.91 Å². The predicted molar refractivity (Wildman–Crippen MR) is 89.0 cm³/mol. The van der Waals surface area contributed by atoms with Gasteiger partial charge in [-0.2, -0.15) is 0 Å². The zero-order valence-corrected chi connectivity index (χ0v) is 13.1. The monoisotopic (exact) mass is 310 g/mol. The molecule has 0 bridgehead atoms. The third kappa shape index (κ3) is 3.18. The minimum atomic E-state index is -0.167. The van der Waals surface area contributed by atoms with Gasteiger partial charge in [-0.05, 0) is 37.3 Å². The summed E-state index contributed by atoms with van der Waals surface area (Å²) in [6.07, 6.45) is -0.0765. The van der Waals surface area contributed by atoms with E-state index in [9.17, 15) is 9.59 Å². The van der Waals surface area contributed by atoms with E-state index < -0.39 is 0 Å². The molecule has 118 valence electrons. The van der Waals surface area contributed by atoms with Crippen molar-refractivity contribution in [1.82, 2.24) is 0 Å². The number of para-hydroxylation sites is 2. The van der Waals surface area contributed by atoms with E-state index in [1.165, 1.54) is 6.92 Å². The number of anilines is 2. The number of hydrogen-bond acceptors (Lipinski definition) is 3. The van der Waals surface area contributed by atoms with Crippen LogP contribution < -0.4 is 15.0 Å². The molecule has 2 aromatic rings. The van der Waals surface area contributed by atoms with Crippen LogP contribution in [-0.4, -0.2) is 24.5 Å². The van der Waals surface area contributed by atoms with Crippen LogP contribution in [0.15, 0.2) is 48.5 Å². The van der Waals surface area contributed by atoms with Crippen molar-refractivity contribution in [3.05, 3.63) is 54.1 Å². The fourth-order valence-corrected chi connectivity index (χ4v) is 2.67. The van der Waals surface area contributed by atoms with E-state index in [-0.39, 0.29) is 17.9 Å². The van der Waals surface area contributed by atoms with Crippen LogP contribution in [0.5, 0.6) is 5.75 Å². The van der Waals surface area contributed by atoms with Gasteiger partial charge in [-0.1, -0.05) is 18.2 Å². The molecular formula is C18H18N2O3. The number of hydrogen-bond donors (Lipinski definition) is 1. The lowest BCUT2D eigenvalue weighted by molar-refractivity contribution is -0.114. The summed E-state index contributed by atoms with van der Waals surface area (Å²) in [5.74, 6) is 0.428. The Hall–Kier alpha value is -2.82.